The van der Waals surface area contributed by atoms with E-state index in [-0.39, 0.29) is 12.7 Å². The van der Waals surface area contributed by atoms with E-state index in [0.29, 0.717) is 24.0 Å². The van der Waals surface area contributed by atoms with Crippen LogP contribution in [0.15, 0.2) is 40.3 Å². The van der Waals surface area contributed by atoms with Gasteiger partial charge in [0.2, 0.25) is 5.95 Å². The predicted octanol–water partition coefficient (Wildman–Crippen LogP) is 2.24. The minimum Gasteiger partial charge on any atom is -0.371 e. The van der Waals surface area contributed by atoms with Crippen molar-refractivity contribution in [1.29, 1.82) is 0 Å². The Labute approximate surface area is 131 Å². The second-order valence-electron chi connectivity index (χ2n) is 3.96. The summed E-state index contributed by atoms with van der Waals surface area (Å²) in [5.41, 5.74) is 5.61. The molecule has 0 saturated carbocycles. The minimum absolute atomic E-state index is 0.195. The van der Waals surface area contributed by atoms with Crippen molar-refractivity contribution in [2.45, 2.75) is 9.79 Å². The first-order valence-electron chi connectivity index (χ1n) is 6.17. The number of nitrogens with zero attached hydrogens (tertiary/aromatic N) is 2. The molecule has 6 nitrogen and oxygen atoms in total. The van der Waals surface area contributed by atoms with Crippen LogP contribution in [0.5, 0.6) is 0 Å². The molecule has 1 aromatic carbocycles. The zero-order valence-corrected chi connectivity index (χ0v) is 12.7. The maximum absolute atomic E-state index is 8.57. The van der Waals surface area contributed by atoms with Crippen LogP contribution in [0, 0.1) is 0 Å². The van der Waals surface area contributed by atoms with Crippen LogP contribution >= 0.6 is 23.4 Å². The summed E-state index contributed by atoms with van der Waals surface area (Å²) in [6.45, 7) is 0.566. The fourth-order valence-electron chi connectivity index (χ4n) is 1.52. The molecule has 1 heterocycles. The van der Waals surface area contributed by atoms with Crippen molar-refractivity contribution < 1.29 is 9.84 Å². The second kappa shape index (κ2) is 8.04. The van der Waals surface area contributed by atoms with Gasteiger partial charge in [-0.3, -0.25) is 0 Å². The van der Waals surface area contributed by atoms with Crippen LogP contribution in [-0.4, -0.2) is 35.0 Å². The summed E-state index contributed by atoms with van der Waals surface area (Å²) in [7, 11) is 0. The van der Waals surface area contributed by atoms with Gasteiger partial charge in [0.15, 0.2) is 0 Å². The van der Waals surface area contributed by atoms with Crippen molar-refractivity contribution >= 4 is 35.1 Å². The molecule has 2 aromatic rings. The number of hydrogen-bond acceptors (Lipinski definition) is 7. The largest absolute Gasteiger partial charge is 0.371 e. The second-order valence-corrected chi connectivity index (χ2v) is 5.51. The Morgan fingerprint density at radius 2 is 2.10 bits per heavy atom. The molecule has 0 aliphatic carbocycles. The van der Waals surface area contributed by atoms with Crippen molar-refractivity contribution in [1.82, 2.24) is 9.97 Å². The fourth-order valence-corrected chi connectivity index (χ4v) is 2.49. The SMILES string of the molecule is Nc1ncc(Sc2ccc(Cl)cc2)c(NCCOCO)n1. The molecule has 0 unspecified atom stereocenters. The lowest BCUT2D eigenvalue weighted by atomic mass is 10.4. The molecular weight excluding hydrogens is 312 g/mol. The summed E-state index contributed by atoms with van der Waals surface area (Å²) in [6, 6.07) is 7.48. The lowest BCUT2D eigenvalue weighted by Gasteiger charge is -2.10. The smallest absolute Gasteiger partial charge is 0.221 e. The van der Waals surface area contributed by atoms with E-state index in [4.69, 9.17) is 27.2 Å². The third-order valence-electron chi connectivity index (χ3n) is 2.45. The number of nitrogens with one attached hydrogen (secondary N) is 1. The molecule has 0 bridgehead atoms. The summed E-state index contributed by atoms with van der Waals surface area (Å²) in [6.07, 6.45) is 1.66. The number of halogens is 1. The van der Waals surface area contributed by atoms with E-state index in [1.165, 1.54) is 11.8 Å². The van der Waals surface area contributed by atoms with Crippen LogP contribution in [0.2, 0.25) is 5.02 Å². The number of aliphatic hydroxyl groups excluding tert-OH is 1. The van der Waals surface area contributed by atoms with E-state index in [1.807, 2.05) is 24.3 Å². The minimum atomic E-state index is -0.306. The Bertz CT molecular complexity index is 583. The number of aromatic nitrogens is 2. The van der Waals surface area contributed by atoms with E-state index in [0.717, 1.165) is 9.79 Å². The Hall–Kier alpha value is -1.54. The van der Waals surface area contributed by atoms with Gasteiger partial charge in [-0.05, 0) is 24.3 Å². The van der Waals surface area contributed by atoms with Gasteiger partial charge in [0.25, 0.3) is 0 Å². The van der Waals surface area contributed by atoms with Gasteiger partial charge in [0.05, 0.1) is 11.5 Å². The van der Waals surface area contributed by atoms with Crippen LogP contribution in [-0.2, 0) is 4.74 Å². The van der Waals surface area contributed by atoms with Gasteiger partial charge in [-0.15, -0.1) is 0 Å². The van der Waals surface area contributed by atoms with Gasteiger partial charge >= 0.3 is 0 Å². The molecule has 0 spiro atoms. The first-order chi connectivity index (χ1) is 10.2. The Kier molecular flexibility index (Phi) is 6.06. The van der Waals surface area contributed by atoms with Crippen molar-refractivity contribution in [3.05, 3.63) is 35.5 Å². The highest BCUT2D eigenvalue weighted by molar-refractivity contribution is 7.99. The van der Waals surface area contributed by atoms with E-state index >= 15 is 0 Å². The topological polar surface area (TPSA) is 93.3 Å². The highest BCUT2D eigenvalue weighted by atomic mass is 35.5. The number of aliphatic hydroxyl groups is 1. The Balaban J connectivity index is 2.08. The first-order valence-corrected chi connectivity index (χ1v) is 7.37. The molecule has 0 saturated heterocycles. The monoisotopic (exact) mass is 326 g/mol. The molecule has 0 radical (unpaired) electrons. The summed E-state index contributed by atoms with van der Waals surface area (Å²) < 4.78 is 4.85. The van der Waals surface area contributed by atoms with E-state index < -0.39 is 0 Å². The average Bonchev–Trinajstić information content (AvgIpc) is 2.48. The molecule has 0 atom stereocenters. The zero-order chi connectivity index (χ0) is 15.1. The van der Waals surface area contributed by atoms with Crippen molar-refractivity contribution in [2.24, 2.45) is 0 Å². The van der Waals surface area contributed by atoms with Gasteiger partial charge in [-0.25, -0.2) is 4.98 Å². The van der Waals surface area contributed by atoms with Gasteiger partial charge in [0, 0.05) is 22.7 Å². The molecule has 0 fully saturated rings. The number of nitrogen functional groups attached to an aromatic ring is 1. The van der Waals surface area contributed by atoms with E-state index in [9.17, 15) is 0 Å². The normalized spacial score (nSPS) is 10.6. The van der Waals surface area contributed by atoms with Crippen LogP contribution in [0.25, 0.3) is 0 Å². The number of anilines is 2. The molecule has 21 heavy (non-hydrogen) atoms. The Morgan fingerprint density at radius 1 is 1.33 bits per heavy atom. The molecule has 2 rings (SSSR count). The third kappa shape index (κ3) is 5.05. The van der Waals surface area contributed by atoms with Gasteiger partial charge in [-0.1, -0.05) is 23.4 Å². The number of nitrogens with two attached hydrogens (primary N) is 1. The maximum atomic E-state index is 8.57. The van der Waals surface area contributed by atoms with Gasteiger partial charge in [0.1, 0.15) is 12.6 Å². The fraction of sp³-hybridized carbons (Fsp3) is 0.231. The number of benzene rings is 1. The van der Waals surface area contributed by atoms with Gasteiger partial charge in [-0.2, -0.15) is 4.98 Å². The summed E-state index contributed by atoms with van der Waals surface area (Å²) >= 11 is 7.37. The molecule has 8 heteroatoms. The zero-order valence-electron chi connectivity index (χ0n) is 11.1. The van der Waals surface area contributed by atoms with E-state index in [1.54, 1.807) is 6.20 Å². The van der Waals surface area contributed by atoms with Crippen molar-refractivity contribution in [3.63, 3.8) is 0 Å². The highest BCUT2D eigenvalue weighted by Gasteiger charge is 2.08. The molecule has 0 aliphatic rings. The maximum Gasteiger partial charge on any atom is 0.221 e. The molecular formula is C13H15ClN4O2S. The number of ether oxygens (including phenoxy) is 1. The standard InChI is InChI=1S/C13H15ClN4O2S/c14-9-1-3-10(4-2-9)21-11-7-17-13(15)18-12(11)16-5-6-20-8-19/h1-4,7,19H,5-6,8H2,(H3,15,16,17,18). The molecule has 0 amide bonds. The molecule has 1 aromatic heterocycles. The van der Waals surface area contributed by atoms with E-state index in [2.05, 4.69) is 15.3 Å². The summed E-state index contributed by atoms with van der Waals surface area (Å²) in [5, 5.41) is 12.4. The average molecular weight is 327 g/mol. The summed E-state index contributed by atoms with van der Waals surface area (Å²) in [4.78, 5) is 10.0. The summed E-state index contributed by atoms with van der Waals surface area (Å²) in [5.74, 6) is 0.824. The van der Waals surface area contributed by atoms with Crippen molar-refractivity contribution in [2.75, 3.05) is 31.0 Å². The lowest BCUT2D eigenvalue weighted by molar-refractivity contribution is 0.00375. The molecule has 4 N–H and O–H groups in total. The predicted molar refractivity (Wildman–Crippen MR) is 83.5 cm³/mol. The third-order valence-corrected chi connectivity index (χ3v) is 3.72. The van der Waals surface area contributed by atoms with Crippen molar-refractivity contribution in [3.8, 4) is 0 Å². The quantitative estimate of drug-likeness (QED) is 0.530. The van der Waals surface area contributed by atoms with Crippen LogP contribution in [0.3, 0.4) is 0 Å². The van der Waals surface area contributed by atoms with Crippen LogP contribution in [0.4, 0.5) is 11.8 Å². The highest BCUT2D eigenvalue weighted by Crippen LogP contribution is 2.32. The molecule has 112 valence electrons. The van der Waals surface area contributed by atoms with Crippen LogP contribution < -0.4 is 11.1 Å². The molecule has 0 aliphatic heterocycles. The van der Waals surface area contributed by atoms with Crippen LogP contribution in [0.1, 0.15) is 0 Å². The number of rotatable bonds is 7. The lowest BCUT2D eigenvalue weighted by Crippen LogP contribution is -2.12. The van der Waals surface area contributed by atoms with Gasteiger partial charge < -0.3 is 20.9 Å². The number of hydrogen-bond donors (Lipinski definition) is 3. The first kappa shape index (κ1) is 15.8. The Morgan fingerprint density at radius 3 is 2.81 bits per heavy atom.